The molecule has 1 aromatic rings. The van der Waals surface area contributed by atoms with Gasteiger partial charge in [-0.1, -0.05) is 0 Å². The molecular weight excluding hydrogens is 242 g/mol. The van der Waals surface area contributed by atoms with Crippen LogP contribution in [-0.2, 0) is 9.53 Å². The Kier molecular flexibility index (Phi) is 3.48. The molecule has 0 spiro atoms. The molecule has 1 amide bonds. The molecule has 2 atom stereocenters. The summed E-state index contributed by atoms with van der Waals surface area (Å²) in [6.07, 6.45) is 4.60. The van der Waals surface area contributed by atoms with Gasteiger partial charge in [-0.15, -0.1) is 0 Å². The van der Waals surface area contributed by atoms with Gasteiger partial charge in [0, 0.05) is 18.8 Å². The van der Waals surface area contributed by atoms with Crippen molar-refractivity contribution in [3.8, 4) is 0 Å². The smallest absolute Gasteiger partial charge is 0.238 e. The fourth-order valence-electron chi connectivity index (χ4n) is 2.77. The average Bonchev–Trinajstić information content (AvgIpc) is 2.72. The van der Waals surface area contributed by atoms with Crippen molar-refractivity contribution in [1.82, 2.24) is 9.88 Å². The summed E-state index contributed by atoms with van der Waals surface area (Å²) < 4.78 is 5.76. The number of ether oxygens (including phenoxy) is 1. The molecule has 2 saturated heterocycles. The van der Waals surface area contributed by atoms with Gasteiger partial charge in [-0.2, -0.15) is 0 Å². The Morgan fingerprint density at radius 3 is 2.79 bits per heavy atom. The molecule has 0 saturated carbocycles. The number of aromatic nitrogens is 1. The number of pyridine rings is 1. The van der Waals surface area contributed by atoms with E-state index in [1.54, 1.807) is 6.20 Å². The number of amides is 1. The normalized spacial score (nSPS) is 26.4. The van der Waals surface area contributed by atoms with Gasteiger partial charge in [-0.3, -0.25) is 14.7 Å². The van der Waals surface area contributed by atoms with Gasteiger partial charge in [0.05, 0.1) is 30.6 Å². The third-order valence-electron chi connectivity index (χ3n) is 3.68. The van der Waals surface area contributed by atoms with E-state index in [0.717, 1.165) is 37.3 Å². The van der Waals surface area contributed by atoms with E-state index < -0.39 is 0 Å². The molecule has 2 aliphatic rings. The minimum absolute atomic E-state index is 0.0203. The second kappa shape index (κ2) is 5.27. The minimum Gasteiger partial charge on any atom is -0.372 e. The molecule has 0 aliphatic carbocycles. The van der Waals surface area contributed by atoms with Crippen LogP contribution in [-0.4, -0.2) is 47.6 Å². The molecule has 2 unspecified atom stereocenters. The largest absolute Gasteiger partial charge is 0.372 e. The van der Waals surface area contributed by atoms with Crippen molar-refractivity contribution in [3.05, 3.63) is 24.0 Å². The third-order valence-corrected chi connectivity index (χ3v) is 3.68. The molecule has 0 aromatic carbocycles. The van der Waals surface area contributed by atoms with Crippen LogP contribution in [0, 0.1) is 6.92 Å². The van der Waals surface area contributed by atoms with Crippen LogP contribution in [0.25, 0.3) is 0 Å². The van der Waals surface area contributed by atoms with E-state index in [-0.39, 0.29) is 5.91 Å². The Hall–Kier alpha value is -1.46. The van der Waals surface area contributed by atoms with Gasteiger partial charge in [-0.05, 0) is 31.9 Å². The summed E-state index contributed by atoms with van der Waals surface area (Å²) >= 11 is 0. The van der Waals surface area contributed by atoms with Crippen LogP contribution in [0.5, 0.6) is 0 Å². The molecule has 19 heavy (non-hydrogen) atoms. The highest BCUT2D eigenvalue weighted by molar-refractivity contribution is 5.92. The topological polar surface area (TPSA) is 54.5 Å². The Morgan fingerprint density at radius 2 is 2.16 bits per heavy atom. The lowest BCUT2D eigenvalue weighted by molar-refractivity contribution is -0.119. The third kappa shape index (κ3) is 3.11. The Morgan fingerprint density at radius 1 is 1.42 bits per heavy atom. The van der Waals surface area contributed by atoms with Crippen LogP contribution in [0.15, 0.2) is 18.3 Å². The van der Waals surface area contributed by atoms with Crippen molar-refractivity contribution in [2.75, 3.05) is 25.0 Å². The van der Waals surface area contributed by atoms with E-state index in [4.69, 9.17) is 4.74 Å². The van der Waals surface area contributed by atoms with Crippen molar-refractivity contribution in [2.24, 2.45) is 0 Å². The Balaban J connectivity index is 1.52. The van der Waals surface area contributed by atoms with Gasteiger partial charge < -0.3 is 10.1 Å². The number of rotatable bonds is 3. The zero-order chi connectivity index (χ0) is 13.2. The average molecular weight is 261 g/mol. The summed E-state index contributed by atoms with van der Waals surface area (Å²) in [5.41, 5.74) is 1.70. The molecular formula is C14H19N3O2. The summed E-state index contributed by atoms with van der Waals surface area (Å²) in [7, 11) is 0. The first kappa shape index (κ1) is 12.6. The maximum atomic E-state index is 12.0. The standard InChI is InChI=1S/C14H19N3O2/c1-10-2-3-11(6-15-10)16-14(18)9-17-7-12-4-5-13(8-17)19-12/h2-3,6,12-13H,4-5,7-9H2,1H3,(H,16,18). The molecule has 3 heterocycles. The summed E-state index contributed by atoms with van der Waals surface area (Å²) in [6, 6.07) is 3.77. The monoisotopic (exact) mass is 261 g/mol. The SMILES string of the molecule is Cc1ccc(NC(=O)CN2CC3CCC(C2)O3)cn1. The number of aryl methyl sites for hydroxylation is 1. The number of nitrogens with one attached hydrogen (secondary N) is 1. The van der Waals surface area contributed by atoms with Crippen molar-refractivity contribution in [2.45, 2.75) is 32.0 Å². The Labute approximate surface area is 113 Å². The molecule has 5 nitrogen and oxygen atoms in total. The number of carbonyl (C=O) groups is 1. The molecule has 2 aliphatic heterocycles. The van der Waals surface area contributed by atoms with Crippen LogP contribution in [0.3, 0.4) is 0 Å². The molecule has 2 fully saturated rings. The quantitative estimate of drug-likeness (QED) is 0.888. The number of likely N-dealkylation sites (tertiary alicyclic amines) is 1. The predicted octanol–water partition coefficient (Wildman–Crippen LogP) is 1.19. The number of carbonyl (C=O) groups excluding carboxylic acids is 1. The predicted molar refractivity (Wildman–Crippen MR) is 71.9 cm³/mol. The Bertz CT molecular complexity index is 448. The van der Waals surface area contributed by atoms with Crippen molar-refractivity contribution in [3.63, 3.8) is 0 Å². The first-order valence-electron chi connectivity index (χ1n) is 6.79. The van der Waals surface area contributed by atoms with E-state index >= 15 is 0 Å². The highest BCUT2D eigenvalue weighted by Gasteiger charge is 2.34. The number of nitrogens with zero attached hydrogens (tertiary/aromatic N) is 2. The van der Waals surface area contributed by atoms with Gasteiger partial charge in [0.25, 0.3) is 0 Å². The second-order valence-electron chi connectivity index (χ2n) is 5.39. The maximum absolute atomic E-state index is 12.0. The summed E-state index contributed by atoms with van der Waals surface area (Å²) in [5, 5.41) is 2.88. The maximum Gasteiger partial charge on any atom is 0.238 e. The van der Waals surface area contributed by atoms with Gasteiger partial charge in [0.1, 0.15) is 0 Å². The molecule has 5 heteroatoms. The lowest BCUT2D eigenvalue weighted by atomic mass is 10.2. The zero-order valence-electron chi connectivity index (χ0n) is 11.1. The van der Waals surface area contributed by atoms with Gasteiger partial charge >= 0.3 is 0 Å². The van der Waals surface area contributed by atoms with Gasteiger partial charge in [0.15, 0.2) is 0 Å². The van der Waals surface area contributed by atoms with E-state index in [1.807, 2.05) is 19.1 Å². The molecule has 1 N–H and O–H groups in total. The fraction of sp³-hybridized carbons (Fsp3) is 0.571. The molecule has 2 bridgehead atoms. The lowest BCUT2D eigenvalue weighted by Gasteiger charge is -2.31. The number of anilines is 1. The second-order valence-corrected chi connectivity index (χ2v) is 5.39. The molecule has 0 radical (unpaired) electrons. The van der Waals surface area contributed by atoms with E-state index in [2.05, 4.69) is 15.2 Å². The first-order valence-corrected chi connectivity index (χ1v) is 6.79. The van der Waals surface area contributed by atoms with Gasteiger partial charge in [-0.25, -0.2) is 0 Å². The number of hydrogen-bond acceptors (Lipinski definition) is 4. The van der Waals surface area contributed by atoms with Crippen LogP contribution in [0.2, 0.25) is 0 Å². The van der Waals surface area contributed by atoms with Gasteiger partial charge in [0.2, 0.25) is 5.91 Å². The van der Waals surface area contributed by atoms with Crippen LogP contribution in [0.1, 0.15) is 18.5 Å². The molecule has 102 valence electrons. The van der Waals surface area contributed by atoms with Crippen LogP contribution in [0.4, 0.5) is 5.69 Å². The van der Waals surface area contributed by atoms with Crippen molar-refractivity contribution >= 4 is 11.6 Å². The number of fused-ring (bicyclic) bond motifs is 2. The number of hydrogen-bond donors (Lipinski definition) is 1. The summed E-state index contributed by atoms with van der Waals surface area (Å²) in [6.45, 7) is 4.10. The number of morpholine rings is 1. The van der Waals surface area contributed by atoms with E-state index in [9.17, 15) is 4.79 Å². The first-order chi connectivity index (χ1) is 9.19. The molecule has 1 aromatic heterocycles. The van der Waals surface area contributed by atoms with Crippen LogP contribution < -0.4 is 5.32 Å². The highest BCUT2D eigenvalue weighted by atomic mass is 16.5. The van der Waals surface area contributed by atoms with Crippen LogP contribution >= 0.6 is 0 Å². The van der Waals surface area contributed by atoms with E-state index in [0.29, 0.717) is 18.8 Å². The summed E-state index contributed by atoms with van der Waals surface area (Å²) in [5.74, 6) is 0.0203. The zero-order valence-corrected chi connectivity index (χ0v) is 11.1. The summed E-state index contributed by atoms with van der Waals surface area (Å²) in [4.78, 5) is 18.3. The lowest BCUT2D eigenvalue weighted by Crippen LogP contribution is -2.45. The highest BCUT2D eigenvalue weighted by Crippen LogP contribution is 2.25. The van der Waals surface area contributed by atoms with Crippen molar-refractivity contribution < 1.29 is 9.53 Å². The minimum atomic E-state index is 0.0203. The van der Waals surface area contributed by atoms with Crippen molar-refractivity contribution in [1.29, 1.82) is 0 Å². The fourth-order valence-corrected chi connectivity index (χ4v) is 2.77. The molecule has 3 rings (SSSR count). The van der Waals surface area contributed by atoms with E-state index in [1.165, 1.54) is 0 Å².